The van der Waals surface area contributed by atoms with E-state index in [4.69, 9.17) is 5.73 Å². The molecule has 1 saturated carbocycles. The molecule has 1 aliphatic rings. The maximum Gasteiger partial charge on any atom is 0.135 e. The van der Waals surface area contributed by atoms with E-state index in [1.54, 1.807) is 0 Å². The van der Waals surface area contributed by atoms with Gasteiger partial charge in [0.2, 0.25) is 0 Å². The highest BCUT2D eigenvalue weighted by Crippen LogP contribution is 2.34. The average molecular weight is 208 g/mol. The molecule has 15 heavy (non-hydrogen) atoms. The first-order valence-corrected chi connectivity index (χ1v) is 5.78. The summed E-state index contributed by atoms with van der Waals surface area (Å²) in [5.41, 5.74) is 5.69. The van der Waals surface area contributed by atoms with Crippen LogP contribution in [0, 0.1) is 12.8 Å². The predicted octanol–water partition coefficient (Wildman–Crippen LogP) is 1.36. The van der Waals surface area contributed by atoms with Crippen LogP contribution in [0.15, 0.2) is 0 Å². The van der Waals surface area contributed by atoms with Crippen LogP contribution < -0.4 is 5.73 Å². The van der Waals surface area contributed by atoms with Gasteiger partial charge in [0.25, 0.3) is 0 Å². The standard InChI is InChI=1S/C11H20N4/c1-8-13-14-11(15(8)2)10-5-3-9(7-12)4-6-10/h9-10H,3-7,12H2,1-2H3. The fourth-order valence-electron chi connectivity index (χ4n) is 2.44. The lowest BCUT2D eigenvalue weighted by Crippen LogP contribution is -2.22. The third-order valence-corrected chi connectivity index (χ3v) is 3.67. The van der Waals surface area contributed by atoms with Gasteiger partial charge in [0, 0.05) is 13.0 Å². The molecule has 0 spiro atoms. The molecule has 0 unspecified atom stereocenters. The van der Waals surface area contributed by atoms with Gasteiger partial charge in [-0.15, -0.1) is 10.2 Å². The molecule has 0 amide bonds. The van der Waals surface area contributed by atoms with Crippen molar-refractivity contribution in [2.24, 2.45) is 18.7 Å². The minimum atomic E-state index is 0.596. The zero-order valence-electron chi connectivity index (χ0n) is 9.61. The van der Waals surface area contributed by atoms with Gasteiger partial charge < -0.3 is 10.3 Å². The second-order valence-corrected chi connectivity index (χ2v) is 4.62. The number of hydrogen-bond acceptors (Lipinski definition) is 3. The SMILES string of the molecule is Cc1nnc(C2CCC(CN)CC2)n1C. The minimum Gasteiger partial charge on any atom is -0.330 e. The van der Waals surface area contributed by atoms with Gasteiger partial charge in [-0.25, -0.2) is 0 Å². The Labute approximate surface area is 90.9 Å². The van der Waals surface area contributed by atoms with E-state index >= 15 is 0 Å². The molecule has 1 aromatic heterocycles. The van der Waals surface area contributed by atoms with Gasteiger partial charge in [0.15, 0.2) is 0 Å². The molecule has 0 aliphatic heterocycles. The molecule has 0 aromatic carbocycles. The largest absolute Gasteiger partial charge is 0.330 e. The second-order valence-electron chi connectivity index (χ2n) is 4.62. The zero-order chi connectivity index (χ0) is 10.8. The van der Waals surface area contributed by atoms with Crippen molar-refractivity contribution in [2.75, 3.05) is 6.54 Å². The highest BCUT2D eigenvalue weighted by molar-refractivity contribution is 5.01. The lowest BCUT2D eigenvalue weighted by Gasteiger charge is -2.26. The van der Waals surface area contributed by atoms with Crippen LogP contribution in [0.3, 0.4) is 0 Å². The van der Waals surface area contributed by atoms with Gasteiger partial charge in [0.05, 0.1) is 0 Å². The van der Waals surface area contributed by atoms with Crippen molar-refractivity contribution >= 4 is 0 Å². The van der Waals surface area contributed by atoms with Gasteiger partial charge in [-0.3, -0.25) is 0 Å². The van der Waals surface area contributed by atoms with Crippen LogP contribution in [0.2, 0.25) is 0 Å². The number of nitrogens with two attached hydrogens (primary N) is 1. The van der Waals surface area contributed by atoms with Crippen molar-refractivity contribution in [3.63, 3.8) is 0 Å². The molecule has 84 valence electrons. The molecule has 2 rings (SSSR count). The van der Waals surface area contributed by atoms with Gasteiger partial charge >= 0.3 is 0 Å². The van der Waals surface area contributed by atoms with E-state index in [1.165, 1.54) is 25.7 Å². The van der Waals surface area contributed by atoms with E-state index in [0.29, 0.717) is 5.92 Å². The molecule has 0 bridgehead atoms. The van der Waals surface area contributed by atoms with Gasteiger partial charge in [-0.1, -0.05) is 0 Å². The number of aromatic nitrogens is 3. The Hall–Kier alpha value is -0.900. The Morgan fingerprint density at radius 3 is 2.40 bits per heavy atom. The molecule has 1 heterocycles. The van der Waals surface area contributed by atoms with Crippen molar-refractivity contribution in [3.05, 3.63) is 11.6 Å². The predicted molar refractivity (Wildman–Crippen MR) is 59.5 cm³/mol. The molecule has 4 heteroatoms. The Balaban J connectivity index is 2.04. The zero-order valence-corrected chi connectivity index (χ0v) is 9.61. The molecule has 4 nitrogen and oxygen atoms in total. The summed E-state index contributed by atoms with van der Waals surface area (Å²) in [6.45, 7) is 2.84. The average Bonchev–Trinajstić information content (AvgIpc) is 2.60. The molecule has 1 aromatic rings. The fraction of sp³-hybridized carbons (Fsp3) is 0.818. The maximum absolute atomic E-state index is 5.69. The third kappa shape index (κ3) is 2.04. The summed E-state index contributed by atoms with van der Waals surface area (Å²) >= 11 is 0. The first kappa shape index (κ1) is 10.6. The smallest absolute Gasteiger partial charge is 0.135 e. The van der Waals surface area contributed by atoms with E-state index in [1.807, 2.05) is 6.92 Å². The fourth-order valence-corrected chi connectivity index (χ4v) is 2.44. The number of aryl methyl sites for hydroxylation is 1. The van der Waals surface area contributed by atoms with Crippen LogP contribution in [-0.2, 0) is 7.05 Å². The normalized spacial score (nSPS) is 26.9. The first-order valence-electron chi connectivity index (χ1n) is 5.78. The van der Waals surface area contributed by atoms with Crippen LogP contribution in [-0.4, -0.2) is 21.3 Å². The van der Waals surface area contributed by atoms with E-state index in [0.717, 1.165) is 24.1 Å². The number of rotatable bonds is 2. The lowest BCUT2D eigenvalue weighted by molar-refractivity contribution is 0.321. The molecule has 1 fully saturated rings. The summed E-state index contributed by atoms with van der Waals surface area (Å²) in [5, 5.41) is 8.39. The number of hydrogen-bond donors (Lipinski definition) is 1. The molecule has 0 atom stereocenters. The van der Waals surface area contributed by atoms with Crippen molar-refractivity contribution in [1.29, 1.82) is 0 Å². The molecule has 0 saturated heterocycles. The van der Waals surface area contributed by atoms with Crippen LogP contribution in [0.1, 0.15) is 43.3 Å². The maximum atomic E-state index is 5.69. The van der Waals surface area contributed by atoms with Gasteiger partial charge in [-0.2, -0.15) is 0 Å². The van der Waals surface area contributed by atoms with Crippen LogP contribution in [0.5, 0.6) is 0 Å². The highest BCUT2D eigenvalue weighted by atomic mass is 15.3. The quantitative estimate of drug-likeness (QED) is 0.798. The van der Waals surface area contributed by atoms with Crippen LogP contribution in [0.25, 0.3) is 0 Å². The Morgan fingerprint density at radius 1 is 1.27 bits per heavy atom. The number of nitrogens with zero attached hydrogens (tertiary/aromatic N) is 3. The molecule has 0 radical (unpaired) electrons. The minimum absolute atomic E-state index is 0.596. The summed E-state index contributed by atoms with van der Waals surface area (Å²) in [7, 11) is 2.06. The van der Waals surface area contributed by atoms with Gasteiger partial charge in [-0.05, 0) is 45.1 Å². The summed E-state index contributed by atoms with van der Waals surface area (Å²) < 4.78 is 2.12. The highest BCUT2D eigenvalue weighted by Gasteiger charge is 2.24. The molecule has 2 N–H and O–H groups in total. The van der Waals surface area contributed by atoms with Gasteiger partial charge in [0.1, 0.15) is 11.6 Å². The Kier molecular flexibility index (Phi) is 3.05. The molecular formula is C11H20N4. The summed E-state index contributed by atoms with van der Waals surface area (Å²) in [6.07, 6.45) is 4.92. The molecular weight excluding hydrogens is 188 g/mol. The summed E-state index contributed by atoms with van der Waals surface area (Å²) in [6, 6.07) is 0. The van der Waals surface area contributed by atoms with E-state index in [9.17, 15) is 0 Å². The van der Waals surface area contributed by atoms with E-state index in [2.05, 4.69) is 21.8 Å². The van der Waals surface area contributed by atoms with Crippen LogP contribution in [0.4, 0.5) is 0 Å². The Morgan fingerprint density at radius 2 is 1.93 bits per heavy atom. The second kappa shape index (κ2) is 4.31. The van der Waals surface area contributed by atoms with E-state index < -0.39 is 0 Å². The topological polar surface area (TPSA) is 56.7 Å². The van der Waals surface area contributed by atoms with Crippen molar-refractivity contribution < 1.29 is 0 Å². The summed E-state index contributed by atoms with van der Waals surface area (Å²) in [4.78, 5) is 0. The van der Waals surface area contributed by atoms with E-state index in [-0.39, 0.29) is 0 Å². The first-order chi connectivity index (χ1) is 7.22. The van der Waals surface area contributed by atoms with Crippen molar-refractivity contribution in [1.82, 2.24) is 14.8 Å². The van der Waals surface area contributed by atoms with Crippen molar-refractivity contribution in [3.8, 4) is 0 Å². The Bertz CT molecular complexity index is 323. The summed E-state index contributed by atoms with van der Waals surface area (Å²) in [5.74, 6) is 3.49. The lowest BCUT2D eigenvalue weighted by atomic mass is 9.81. The molecule has 1 aliphatic carbocycles. The monoisotopic (exact) mass is 208 g/mol. The van der Waals surface area contributed by atoms with Crippen LogP contribution >= 0.6 is 0 Å². The third-order valence-electron chi connectivity index (χ3n) is 3.67. The van der Waals surface area contributed by atoms with Crippen molar-refractivity contribution in [2.45, 2.75) is 38.5 Å².